The summed E-state index contributed by atoms with van der Waals surface area (Å²) in [5.74, 6) is 0. The topological polar surface area (TPSA) is 20.3 Å². The molecule has 0 radical (unpaired) electrons. The lowest BCUT2D eigenvalue weighted by Crippen LogP contribution is -2.26. The van der Waals surface area contributed by atoms with Crippen molar-refractivity contribution in [2.75, 3.05) is 13.6 Å². The van der Waals surface area contributed by atoms with E-state index in [4.69, 9.17) is 0 Å². The number of rotatable bonds is 2. The Morgan fingerprint density at radius 2 is 1.83 bits per heavy atom. The van der Waals surface area contributed by atoms with Gasteiger partial charge in [0, 0.05) is 23.6 Å². The van der Waals surface area contributed by atoms with Crippen molar-refractivity contribution in [2.45, 2.75) is 32.7 Å². The average Bonchev–Trinajstić information content (AvgIpc) is 2.78. The van der Waals surface area contributed by atoms with Crippen LogP contribution < -0.4 is 0 Å². The number of likely N-dealkylation sites (N-methyl/N-ethyl adjacent to an activating group) is 1. The van der Waals surface area contributed by atoms with E-state index in [-0.39, 0.29) is 11.5 Å². The lowest BCUT2D eigenvalue weighted by Gasteiger charge is -2.27. The second-order valence-corrected chi connectivity index (χ2v) is 7.25. The molecular formula is C21H25NO. The number of carbonyl (C=O) groups excluding carboxylic acids is 1. The average molecular weight is 307 g/mol. The number of allylic oxidation sites excluding steroid dienone is 4. The number of aldehydes is 1. The van der Waals surface area contributed by atoms with Crippen LogP contribution in [0.4, 0.5) is 0 Å². The molecule has 120 valence electrons. The Morgan fingerprint density at radius 1 is 1.13 bits per heavy atom. The molecule has 1 aromatic rings. The van der Waals surface area contributed by atoms with Crippen LogP contribution in [-0.4, -0.2) is 24.8 Å². The van der Waals surface area contributed by atoms with Gasteiger partial charge < -0.3 is 0 Å². The van der Waals surface area contributed by atoms with E-state index < -0.39 is 0 Å². The predicted octanol–water partition coefficient (Wildman–Crippen LogP) is 4.71. The van der Waals surface area contributed by atoms with Crippen LogP contribution in [0.3, 0.4) is 0 Å². The highest BCUT2D eigenvalue weighted by Gasteiger charge is 2.25. The van der Waals surface area contributed by atoms with Gasteiger partial charge in [-0.2, -0.15) is 0 Å². The summed E-state index contributed by atoms with van der Waals surface area (Å²) < 4.78 is 0. The van der Waals surface area contributed by atoms with Gasteiger partial charge in [0.05, 0.1) is 0 Å². The third-order valence-electron chi connectivity index (χ3n) is 4.96. The molecule has 2 nitrogen and oxygen atoms in total. The SMILES string of the molecule is CN1CC2=C(C=CC(C)(C)C=C2)CCC1c1ccccc1C=O. The number of benzene rings is 1. The summed E-state index contributed by atoms with van der Waals surface area (Å²) in [6.45, 7) is 5.39. The minimum Gasteiger partial charge on any atom is -0.298 e. The van der Waals surface area contributed by atoms with Gasteiger partial charge in [-0.1, -0.05) is 62.4 Å². The molecule has 0 bridgehead atoms. The minimum atomic E-state index is 0.119. The fourth-order valence-corrected chi connectivity index (χ4v) is 3.50. The fourth-order valence-electron chi connectivity index (χ4n) is 3.50. The standard InChI is InChI=1S/C21H25NO/c1-21(2)12-10-16-8-9-20(22(3)14-17(16)11-13-21)19-7-5-4-6-18(19)15-23/h4-7,10-13,15,20H,8-9,14H2,1-3H3. The second-order valence-electron chi connectivity index (χ2n) is 7.25. The van der Waals surface area contributed by atoms with Crippen LogP contribution in [0.2, 0.25) is 0 Å². The van der Waals surface area contributed by atoms with E-state index in [1.165, 1.54) is 11.1 Å². The van der Waals surface area contributed by atoms with Crippen LogP contribution in [0.5, 0.6) is 0 Å². The van der Waals surface area contributed by atoms with Crippen LogP contribution in [0.25, 0.3) is 0 Å². The van der Waals surface area contributed by atoms with E-state index in [0.29, 0.717) is 0 Å². The van der Waals surface area contributed by atoms with Gasteiger partial charge in [0.25, 0.3) is 0 Å². The van der Waals surface area contributed by atoms with Crippen molar-refractivity contribution < 1.29 is 4.79 Å². The first-order valence-corrected chi connectivity index (χ1v) is 8.35. The van der Waals surface area contributed by atoms with Gasteiger partial charge in [0.1, 0.15) is 6.29 Å². The summed E-state index contributed by atoms with van der Waals surface area (Å²) in [6, 6.07) is 8.27. The highest BCUT2D eigenvalue weighted by atomic mass is 16.1. The molecule has 0 saturated carbocycles. The molecule has 0 N–H and O–H groups in total. The van der Waals surface area contributed by atoms with E-state index in [1.807, 2.05) is 18.2 Å². The number of hydrogen-bond donors (Lipinski definition) is 0. The zero-order valence-electron chi connectivity index (χ0n) is 14.3. The number of hydrogen-bond acceptors (Lipinski definition) is 2. The smallest absolute Gasteiger partial charge is 0.150 e. The molecule has 1 aliphatic heterocycles. The lowest BCUT2D eigenvalue weighted by molar-refractivity contribution is 0.112. The third-order valence-corrected chi connectivity index (χ3v) is 4.96. The largest absolute Gasteiger partial charge is 0.298 e. The first-order chi connectivity index (χ1) is 11.0. The third kappa shape index (κ3) is 3.37. The number of nitrogens with zero attached hydrogens (tertiary/aromatic N) is 1. The molecule has 1 unspecified atom stereocenters. The fraction of sp³-hybridized carbons (Fsp3) is 0.381. The Morgan fingerprint density at radius 3 is 2.57 bits per heavy atom. The van der Waals surface area contributed by atoms with E-state index in [0.717, 1.165) is 36.8 Å². The summed E-state index contributed by atoms with van der Waals surface area (Å²) >= 11 is 0. The van der Waals surface area contributed by atoms with Crippen molar-refractivity contribution in [1.29, 1.82) is 0 Å². The van der Waals surface area contributed by atoms with E-state index in [1.54, 1.807) is 0 Å². The Labute approximate surface area is 139 Å². The summed E-state index contributed by atoms with van der Waals surface area (Å²) in [5.41, 5.74) is 4.92. The van der Waals surface area contributed by atoms with Crippen molar-refractivity contribution in [3.63, 3.8) is 0 Å². The van der Waals surface area contributed by atoms with Gasteiger partial charge in [-0.3, -0.25) is 9.69 Å². The predicted molar refractivity (Wildman–Crippen MR) is 95.5 cm³/mol. The van der Waals surface area contributed by atoms with Crippen LogP contribution >= 0.6 is 0 Å². The summed E-state index contributed by atoms with van der Waals surface area (Å²) in [7, 11) is 2.16. The van der Waals surface area contributed by atoms with E-state index in [2.05, 4.69) is 56.2 Å². The molecule has 1 atom stereocenters. The van der Waals surface area contributed by atoms with Gasteiger partial charge >= 0.3 is 0 Å². The van der Waals surface area contributed by atoms with Crippen molar-refractivity contribution in [2.24, 2.45) is 5.41 Å². The monoisotopic (exact) mass is 307 g/mol. The van der Waals surface area contributed by atoms with Crippen LogP contribution in [0.15, 0.2) is 59.7 Å². The van der Waals surface area contributed by atoms with Crippen molar-refractivity contribution in [3.05, 3.63) is 70.8 Å². The first-order valence-electron chi connectivity index (χ1n) is 8.35. The molecular weight excluding hydrogens is 282 g/mol. The molecule has 1 aliphatic carbocycles. The zero-order chi connectivity index (χ0) is 16.4. The van der Waals surface area contributed by atoms with Gasteiger partial charge in [-0.15, -0.1) is 0 Å². The van der Waals surface area contributed by atoms with Crippen molar-refractivity contribution in [3.8, 4) is 0 Å². The van der Waals surface area contributed by atoms with Gasteiger partial charge in [0.2, 0.25) is 0 Å². The Hall–Kier alpha value is -1.93. The highest BCUT2D eigenvalue weighted by molar-refractivity contribution is 5.77. The summed E-state index contributed by atoms with van der Waals surface area (Å²) in [4.78, 5) is 13.8. The second kappa shape index (κ2) is 6.29. The molecule has 2 heteroatoms. The first kappa shape index (κ1) is 15.9. The molecule has 1 heterocycles. The maximum Gasteiger partial charge on any atom is 0.150 e. The normalized spacial score (nSPS) is 24.0. The molecule has 3 rings (SSSR count). The van der Waals surface area contributed by atoms with Gasteiger partial charge in [-0.05, 0) is 36.6 Å². The van der Waals surface area contributed by atoms with Crippen LogP contribution in [-0.2, 0) is 0 Å². The van der Waals surface area contributed by atoms with Crippen molar-refractivity contribution in [1.82, 2.24) is 4.90 Å². The molecule has 0 aromatic heterocycles. The Balaban J connectivity index is 1.90. The molecule has 2 aliphatic rings. The lowest BCUT2D eigenvalue weighted by atomic mass is 9.92. The van der Waals surface area contributed by atoms with Gasteiger partial charge in [0.15, 0.2) is 0 Å². The van der Waals surface area contributed by atoms with Crippen LogP contribution in [0, 0.1) is 5.41 Å². The number of carbonyl (C=O) groups is 1. The molecule has 23 heavy (non-hydrogen) atoms. The quantitative estimate of drug-likeness (QED) is 0.737. The van der Waals surface area contributed by atoms with Crippen molar-refractivity contribution >= 4 is 6.29 Å². The van der Waals surface area contributed by atoms with Gasteiger partial charge in [-0.25, -0.2) is 0 Å². The van der Waals surface area contributed by atoms with Crippen LogP contribution in [0.1, 0.15) is 48.7 Å². The molecule has 0 amide bonds. The Bertz CT molecular complexity index is 694. The molecule has 1 aromatic carbocycles. The Kier molecular flexibility index (Phi) is 4.36. The zero-order valence-corrected chi connectivity index (χ0v) is 14.3. The molecule has 0 saturated heterocycles. The highest BCUT2D eigenvalue weighted by Crippen LogP contribution is 2.36. The minimum absolute atomic E-state index is 0.119. The molecule has 0 spiro atoms. The van der Waals surface area contributed by atoms with E-state index in [9.17, 15) is 4.79 Å². The maximum atomic E-state index is 11.4. The summed E-state index contributed by atoms with van der Waals surface area (Å²) in [6.07, 6.45) is 12.3. The molecule has 0 fully saturated rings. The summed E-state index contributed by atoms with van der Waals surface area (Å²) in [5, 5.41) is 0. The van der Waals surface area contributed by atoms with E-state index >= 15 is 0 Å². The maximum absolute atomic E-state index is 11.4.